The number of piperazine rings is 1. The number of nitrogens with zero attached hydrogens (tertiary/aromatic N) is 3. The topological polar surface area (TPSA) is 52.1 Å². The van der Waals surface area contributed by atoms with Crippen LogP contribution in [0.2, 0.25) is 0 Å². The van der Waals surface area contributed by atoms with E-state index in [0.717, 1.165) is 51.8 Å². The molecule has 1 unspecified atom stereocenters. The SMILES string of the molecule is CCOCCC1(CNC(=NC)NCC(C(C)C)N2CCN(C)CC2)CCCC1. The number of hydrogen-bond acceptors (Lipinski definition) is 4. The van der Waals surface area contributed by atoms with Crippen molar-refractivity contribution >= 4 is 5.96 Å². The first-order valence-corrected chi connectivity index (χ1v) is 11.4. The van der Waals surface area contributed by atoms with E-state index in [1.807, 2.05) is 7.05 Å². The highest BCUT2D eigenvalue weighted by Gasteiger charge is 2.33. The van der Waals surface area contributed by atoms with Crippen LogP contribution in [0, 0.1) is 11.3 Å². The van der Waals surface area contributed by atoms with Crippen LogP contribution in [0.15, 0.2) is 4.99 Å². The number of aliphatic imine (C=N–C) groups is 1. The summed E-state index contributed by atoms with van der Waals surface area (Å²) in [5, 5.41) is 7.26. The van der Waals surface area contributed by atoms with Crippen molar-refractivity contribution < 1.29 is 4.74 Å². The van der Waals surface area contributed by atoms with Gasteiger partial charge in [-0.2, -0.15) is 0 Å². The summed E-state index contributed by atoms with van der Waals surface area (Å²) in [4.78, 5) is 9.57. The summed E-state index contributed by atoms with van der Waals surface area (Å²) in [6.45, 7) is 15.0. The van der Waals surface area contributed by atoms with E-state index >= 15 is 0 Å². The van der Waals surface area contributed by atoms with E-state index in [1.165, 1.54) is 38.8 Å². The Morgan fingerprint density at radius 1 is 1.11 bits per heavy atom. The zero-order valence-corrected chi connectivity index (χ0v) is 19.1. The van der Waals surface area contributed by atoms with Crippen LogP contribution in [0.5, 0.6) is 0 Å². The van der Waals surface area contributed by atoms with Crippen LogP contribution < -0.4 is 10.6 Å². The lowest BCUT2D eigenvalue weighted by Gasteiger charge is -2.40. The first-order valence-electron chi connectivity index (χ1n) is 11.4. The predicted octanol–water partition coefficient (Wildman–Crippen LogP) is 2.41. The lowest BCUT2D eigenvalue weighted by Crippen LogP contribution is -2.55. The van der Waals surface area contributed by atoms with E-state index in [2.05, 4.69) is 53.2 Å². The second-order valence-electron chi connectivity index (χ2n) is 9.11. The molecule has 1 heterocycles. The van der Waals surface area contributed by atoms with Gasteiger partial charge in [-0.3, -0.25) is 9.89 Å². The molecule has 0 aromatic rings. The van der Waals surface area contributed by atoms with E-state index in [1.54, 1.807) is 0 Å². The molecule has 0 radical (unpaired) electrons. The van der Waals surface area contributed by atoms with Gasteiger partial charge in [-0.05, 0) is 44.6 Å². The molecule has 6 heteroatoms. The average Bonchev–Trinajstić information content (AvgIpc) is 3.15. The van der Waals surface area contributed by atoms with Crippen molar-refractivity contribution in [2.75, 3.05) is 66.6 Å². The van der Waals surface area contributed by atoms with Crippen LogP contribution in [-0.2, 0) is 4.74 Å². The predicted molar refractivity (Wildman–Crippen MR) is 119 cm³/mol. The lowest BCUT2D eigenvalue weighted by atomic mass is 9.83. The van der Waals surface area contributed by atoms with Gasteiger partial charge in [0.15, 0.2) is 5.96 Å². The second kappa shape index (κ2) is 12.0. The first-order chi connectivity index (χ1) is 13.5. The minimum Gasteiger partial charge on any atom is -0.382 e. The fourth-order valence-electron chi connectivity index (χ4n) is 4.71. The maximum Gasteiger partial charge on any atom is 0.191 e. The Bertz CT molecular complexity index is 454. The summed E-state index contributed by atoms with van der Waals surface area (Å²) in [5.74, 6) is 1.57. The summed E-state index contributed by atoms with van der Waals surface area (Å²) in [6, 6.07) is 0.547. The van der Waals surface area contributed by atoms with Crippen LogP contribution >= 0.6 is 0 Å². The van der Waals surface area contributed by atoms with Crippen molar-refractivity contribution in [1.29, 1.82) is 0 Å². The third-order valence-electron chi connectivity index (χ3n) is 6.75. The average molecular weight is 396 g/mol. The Hall–Kier alpha value is -0.850. The van der Waals surface area contributed by atoms with Crippen molar-refractivity contribution in [3.05, 3.63) is 0 Å². The van der Waals surface area contributed by atoms with Crippen LogP contribution in [0.3, 0.4) is 0 Å². The number of likely N-dealkylation sites (N-methyl/N-ethyl adjacent to an activating group) is 1. The smallest absolute Gasteiger partial charge is 0.191 e. The van der Waals surface area contributed by atoms with Crippen LogP contribution in [-0.4, -0.2) is 88.4 Å². The molecule has 0 bridgehead atoms. The molecule has 2 rings (SSSR count). The van der Waals surface area contributed by atoms with Crippen LogP contribution in [0.4, 0.5) is 0 Å². The summed E-state index contributed by atoms with van der Waals surface area (Å²) >= 11 is 0. The van der Waals surface area contributed by atoms with Crippen LogP contribution in [0.1, 0.15) is 52.9 Å². The van der Waals surface area contributed by atoms with Gasteiger partial charge in [-0.25, -0.2) is 0 Å². The van der Waals surface area contributed by atoms with E-state index in [0.29, 0.717) is 17.4 Å². The molecular weight excluding hydrogens is 350 g/mol. The highest BCUT2D eigenvalue weighted by atomic mass is 16.5. The van der Waals surface area contributed by atoms with Crippen molar-refractivity contribution in [2.45, 2.75) is 58.9 Å². The molecule has 1 atom stereocenters. The van der Waals surface area contributed by atoms with Gasteiger partial charge in [0.2, 0.25) is 0 Å². The first kappa shape index (κ1) is 23.4. The Balaban J connectivity index is 1.83. The van der Waals surface area contributed by atoms with E-state index < -0.39 is 0 Å². The van der Waals surface area contributed by atoms with Gasteiger partial charge in [0.05, 0.1) is 0 Å². The molecule has 2 N–H and O–H groups in total. The van der Waals surface area contributed by atoms with Gasteiger partial charge in [-0.15, -0.1) is 0 Å². The molecule has 6 nitrogen and oxygen atoms in total. The normalized spacial score (nSPS) is 22.6. The third kappa shape index (κ3) is 7.20. The molecule has 2 fully saturated rings. The van der Waals surface area contributed by atoms with E-state index in [4.69, 9.17) is 4.74 Å². The minimum absolute atomic E-state index is 0.377. The van der Waals surface area contributed by atoms with Gasteiger partial charge in [-0.1, -0.05) is 26.7 Å². The fourth-order valence-corrected chi connectivity index (χ4v) is 4.71. The minimum atomic E-state index is 0.377. The molecule has 0 aromatic heterocycles. The molecule has 0 amide bonds. The number of rotatable bonds is 10. The van der Waals surface area contributed by atoms with Gasteiger partial charge in [0.1, 0.15) is 0 Å². The molecule has 1 aliphatic carbocycles. The molecule has 0 spiro atoms. The Morgan fingerprint density at radius 2 is 1.79 bits per heavy atom. The maximum atomic E-state index is 5.65. The molecule has 164 valence electrons. The van der Waals surface area contributed by atoms with Gasteiger partial charge in [0, 0.05) is 65.6 Å². The van der Waals surface area contributed by atoms with E-state index in [9.17, 15) is 0 Å². The molecular formula is C22H45N5O. The highest BCUT2D eigenvalue weighted by molar-refractivity contribution is 5.79. The standard InChI is InChI=1S/C22H45N5O/c1-6-28-16-11-22(9-7-8-10-22)18-25-21(23-4)24-17-20(19(2)3)27-14-12-26(5)13-15-27/h19-20H,6-18H2,1-5H3,(H2,23,24,25). The molecule has 0 aromatic carbocycles. The van der Waals surface area contributed by atoms with Crippen molar-refractivity contribution in [3.8, 4) is 0 Å². The molecule has 2 aliphatic rings. The Kier molecular flexibility index (Phi) is 10.0. The van der Waals surface area contributed by atoms with Crippen molar-refractivity contribution in [2.24, 2.45) is 16.3 Å². The van der Waals surface area contributed by atoms with Gasteiger partial charge >= 0.3 is 0 Å². The number of guanidine groups is 1. The molecule has 1 aliphatic heterocycles. The summed E-state index contributed by atoms with van der Waals surface area (Å²) in [6.07, 6.45) is 6.46. The van der Waals surface area contributed by atoms with Gasteiger partial charge < -0.3 is 20.3 Å². The molecule has 28 heavy (non-hydrogen) atoms. The zero-order valence-electron chi connectivity index (χ0n) is 19.1. The highest BCUT2D eigenvalue weighted by Crippen LogP contribution is 2.40. The Morgan fingerprint density at radius 3 is 2.36 bits per heavy atom. The van der Waals surface area contributed by atoms with E-state index in [-0.39, 0.29) is 0 Å². The third-order valence-corrected chi connectivity index (χ3v) is 6.75. The number of nitrogens with one attached hydrogen (secondary N) is 2. The Labute approximate surface area is 173 Å². The number of hydrogen-bond donors (Lipinski definition) is 2. The van der Waals surface area contributed by atoms with Crippen molar-refractivity contribution in [3.63, 3.8) is 0 Å². The molecule has 1 saturated carbocycles. The monoisotopic (exact) mass is 395 g/mol. The van der Waals surface area contributed by atoms with Crippen molar-refractivity contribution in [1.82, 2.24) is 20.4 Å². The fraction of sp³-hybridized carbons (Fsp3) is 0.955. The largest absolute Gasteiger partial charge is 0.382 e. The summed E-state index contributed by atoms with van der Waals surface area (Å²) in [7, 11) is 4.10. The number of ether oxygens (including phenoxy) is 1. The maximum absolute atomic E-state index is 5.65. The van der Waals surface area contributed by atoms with Crippen LogP contribution in [0.25, 0.3) is 0 Å². The zero-order chi connectivity index (χ0) is 20.4. The summed E-state index contributed by atoms with van der Waals surface area (Å²) in [5.41, 5.74) is 0.377. The summed E-state index contributed by atoms with van der Waals surface area (Å²) < 4.78 is 5.65. The second-order valence-corrected chi connectivity index (χ2v) is 9.11. The molecule has 1 saturated heterocycles. The van der Waals surface area contributed by atoms with Gasteiger partial charge in [0.25, 0.3) is 0 Å². The quantitative estimate of drug-likeness (QED) is 0.338. The lowest BCUT2D eigenvalue weighted by molar-refractivity contribution is 0.0898.